The highest BCUT2D eigenvalue weighted by atomic mass is 16.5. The van der Waals surface area contributed by atoms with E-state index < -0.39 is 0 Å². The molecule has 0 atom stereocenters. The Kier molecular flexibility index (Phi) is 6.85. The minimum absolute atomic E-state index is 0.0107. The number of benzene rings is 1. The molecule has 9 heteroatoms. The Hall–Kier alpha value is -3.98. The monoisotopic (exact) mass is 472 g/mol. The summed E-state index contributed by atoms with van der Waals surface area (Å²) in [7, 11) is 0. The molecule has 35 heavy (non-hydrogen) atoms. The van der Waals surface area contributed by atoms with Crippen molar-refractivity contribution in [3.05, 3.63) is 60.6 Å². The molecule has 4 heterocycles. The first-order valence-corrected chi connectivity index (χ1v) is 11.9. The molecule has 0 spiro atoms. The van der Waals surface area contributed by atoms with Crippen LogP contribution in [0.3, 0.4) is 0 Å². The van der Waals surface area contributed by atoms with E-state index >= 15 is 0 Å². The fourth-order valence-electron chi connectivity index (χ4n) is 3.93. The van der Waals surface area contributed by atoms with Gasteiger partial charge in [0, 0.05) is 48.1 Å². The maximum atomic E-state index is 12.8. The standard InChI is InChI=1S/C26H28N6O3/c1-2-3-12-35-20-6-8-27-23(17-20)22-7-9-28-26(31-22)29-19-4-5-21-18(15-19)16-24(30-21)25(33)32-10-13-34-14-11-32/h4-9,15-17,30H,2-3,10-14H2,1H3,(H,28,29,31). The van der Waals surface area contributed by atoms with Gasteiger partial charge in [0.2, 0.25) is 5.95 Å². The lowest BCUT2D eigenvalue weighted by molar-refractivity contribution is 0.0299. The number of aromatic amines is 1. The van der Waals surface area contributed by atoms with Crippen LogP contribution in [-0.4, -0.2) is 63.7 Å². The maximum Gasteiger partial charge on any atom is 0.270 e. The van der Waals surface area contributed by atoms with E-state index in [0.29, 0.717) is 50.2 Å². The van der Waals surface area contributed by atoms with Crippen molar-refractivity contribution in [1.82, 2.24) is 24.8 Å². The largest absolute Gasteiger partial charge is 0.493 e. The number of amides is 1. The van der Waals surface area contributed by atoms with Crippen LogP contribution in [0.25, 0.3) is 22.3 Å². The normalized spacial score (nSPS) is 13.7. The molecule has 9 nitrogen and oxygen atoms in total. The van der Waals surface area contributed by atoms with Gasteiger partial charge in [0.15, 0.2) is 0 Å². The molecule has 0 bridgehead atoms. The fraction of sp³-hybridized carbons (Fsp3) is 0.308. The number of ether oxygens (including phenoxy) is 2. The van der Waals surface area contributed by atoms with E-state index in [2.05, 4.69) is 32.2 Å². The van der Waals surface area contributed by atoms with E-state index in [-0.39, 0.29) is 5.91 Å². The number of aromatic nitrogens is 4. The Labute approximate surface area is 203 Å². The summed E-state index contributed by atoms with van der Waals surface area (Å²) < 4.78 is 11.1. The minimum atomic E-state index is -0.0107. The number of nitrogens with one attached hydrogen (secondary N) is 2. The van der Waals surface area contributed by atoms with Gasteiger partial charge in [-0.15, -0.1) is 0 Å². The molecule has 0 aliphatic carbocycles. The summed E-state index contributed by atoms with van der Waals surface area (Å²) in [5.74, 6) is 1.22. The van der Waals surface area contributed by atoms with Gasteiger partial charge < -0.3 is 24.7 Å². The van der Waals surface area contributed by atoms with Crippen molar-refractivity contribution in [2.75, 3.05) is 38.2 Å². The third-order valence-corrected chi connectivity index (χ3v) is 5.82. The van der Waals surface area contributed by atoms with Crippen LogP contribution in [0.1, 0.15) is 30.3 Å². The summed E-state index contributed by atoms with van der Waals surface area (Å²) in [6, 6.07) is 13.3. The van der Waals surface area contributed by atoms with Crippen LogP contribution in [0.15, 0.2) is 54.9 Å². The van der Waals surface area contributed by atoms with Crippen molar-refractivity contribution in [1.29, 1.82) is 0 Å². The highest BCUT2D eigenvalue weighted by molar-refractivity contribution is 5.98. The average Bonchev–Trinajstić information content (AvgIpc) is 3.33. The molecule has 1 aromatic carbocycles. The number of nitrogens with zero attached hydrogens (tertiary/aromatic N) is 4. The van der Waals surface area contributed by atoms with Crippen LogP contribution < -0.4 is 10.1 Å². The SMILES string of the molecule is CCCCOc1ccnc(-c2ccnc(Nc3ccc4[nH]c(C(=O)N5CCOCC5)cc4c3)n2)c1. The molecule has 4 aromatic rings. The number of unbranched alkanes of at least 4 members (excludes halogenated alkanes) is 1. The lowest BCUT2D eigenvalue weighted by Gasteiger charge is -2.26. The summed E-state index contributed by atoms with van der Waals surface area (Å²) >= 11 is 0. The first-order chi connectivity index (χ1) is 17.2. The van der Waals surface area contributed by atoms with Gasteiger partial charge in [0.25, 0.3) is 5.91 Å². The van der Waals surface area contributed by atoms with Crippen LogP contribution in [-0.2, 0) is 4.74 Å². The molecule has 5 rings (SSSR count). The zero-order valence-corrected chi connectivity index (χ0v) is 19.7. The first kappa shape index (κ1) is 22.8. The molecular formula is C26H28N6O3. The number of H-pyrrole nitrogens is 1. The molecule has 2 N–H and O–H groups in total. The second-order valence-corrected chi connectivity index (χ2v) is 8.36. The van der Waals surface area contributed by atoms with Crippen molar-refractivity contribution >= 4 is 28.4 Å². The van der Waals surface area contributed by atoms with E-state index in [4.69, 9.17) is 9.47 Å². The summed E-state index contributed by atoms with van der Waals surface area (Å²) in [6.07, 6.45) is 5.51. The number of hydrogen-bond donors (Lipinski definition) is 2. The van der Waals surface area contributed by atoms with E-state index in [1.54, 1.807) is 12.4 Å². The van der Waals surface area contributed by atoms with Crippen LogP contribution in [0.4, 0.5) is 11.6 Å². The third-order valence-electron chi connectivity index (χ3n) is 5.82. The van der Waals surface area contributed by atoms with Gasteiger partial charge in [0.1, 0.15) is 11.4 Å². The third kappa shape index (κ3) is 5.41. The van der Waals surface area contributed by atoms with E-state index in [0.717, 1.165) is 40.9 Å². The zero-order chi connectivity index (χ0) is 24.0. The number of rotatable bonds is 8. The van der Waals surface area contributed by atoms with Crippen molar-refractivity contribution in [2.45, 2.75) is 19.8 Å². The van der Waals surface area contributed by atoms with E-state index in [1.165, 1.54) is 0 Å². The topological polar surface area (TPSA) is 105 Å². The zero-order valence-electron chi connectivity index (χ0n) is 19.7. The predicted molar refractivity (Wildman–Crippen MR) is 134 cm³/mol. The minimum Gasteiger partial charge on any atom is -0.493 e. The van der Waals surface area contributed by atoms with Crippen molar-refractivity contribution < 1.29 is 14.3 Å². The van der Waals surface area contributed by atoms with Crippen molar-refractivity contribution in [2.24, 2.45) is 0 Å². The van der Waals surface area contributed by atoms with E-state index in [1.807, 2.05) is 47.4 Å². The molecule has 0 radical (unpaired) electrons. The Morgan fingerprint density at radius 3 is 2.80 bits per heavy atom. The van der Waals surface area contributed by atoms with Crippen LogP contribution >= 0.6 is 0 Å². The summed E-state index contributed by atoms with van der Waals surface area (Å²) in [5, 5.41) is 4.19. The van der Waals surface area contributed by atoms with Crippen molar-refractivity contribution in [3.8, 4) is 17.1 Å². The Balaban J connectivity index is 1.32. The average molecular weight is 473 g/mol. The lowest BCUT2D eigenvalue weighted by Crippen LogP contribution is -2.40. The van der Waals surface area contributed by atoms with Crippen LogP contribution in [0.5, 0.6) is 5.75 Å². The Bertz CT molecular complexity index is 1320. The highest BCUT2D eigenvalue weighted by Crippen LogP contribution is 2.25. The Morgan fingerprint density at radius 1 is 1.09 bits per heavy atom. The molecule has 3 aromatic heterocycles. The first-order valence-electron chi connectivity index (χ1n) is 11.9. The molecule has 0 unspecified atom stereocenters. The van der Waals surface area contributed by atoms with Crippen LogP contribution in [0, 0.1) is 0 Å². The lowest BCUT2D eigenvalue weighted by atomic mass is 10.2. The van der Waals surface area contributed by atoms with Gasteiger partial charge in [0.05, 0.1) is 31.2 Å². The van der Waals surface area contributed by atoms with Gasteiger partial charge >= 0.3 is 0 Å². The number of hydrogen-bond acceptors (Lipinski definition) is 7. The summed E-state index contributed by atoms with van der Waals surface area (Å²) in [5.41, 5.74) is 3.71. The molecular weight excluding hydrogens is 444 g/mol. The molecule has 1 fully saturated rings. The molecule has 1 saturated heterocycles. The number of morpholine rings is 1. The Morgan fingerprint density at radius 2 is 1.94 bits per heavy atom. The van der Waals surface area contributed by atoms with E-state index in [9.17, 15) is 4.79 Å². The molecule has 1 aliphatic rings. The molecule has 0 saturated carbocycles. The summed E-state index contributed by atoms with van der Waals surface area (Å²) in [4.78, 5) is 31.3. The number of anilines is 2. The molecule has 1 aliphatic heterocycles. The quantitative estimate of drug-likeness (QED) is 0.366. The number of carbonyl (C=O) groups is 1. The molecule has 180 valence electrons. The highest BCUT2D eigenvalue weighted by Gasteiger charge is 2.20. The number of carbonyl (C=O) groups excluding carboxylic acids is 1. The van der Waals surface area contributed by atoms with Crippen molar-refractivity contribution in [3.63, 3.8) is 0 Å². The number of fused-ring (bicyclic) bond motifs is 1. The molecule has 1 amide bonds. The maximum absolute atomic E-state index is 12.8. The number of pyridine rings is 1. The van der Waals surface area contributed by atoms with Gasteiger partial charge in [-0.1, -0.05) is 13.3 Å². The van der Waals surface area contributed by atoms with Crippen LogP contribution in [0.2, 0.25) is 0 Å². The smallest absolute Gasteiger partial charge is 0.270 e. The van der Waals surface area contributed by atoms with Gasteiger partial charge in [-0.3, -0.25) is 9.78 Å². The van der Waals surface area contributed by atoms with Gasteiger partial charge in [-0.2, -0.15) is 0 Å². The predicted octanol–water partition coefficient (Wildman–Crippen LogP) is 4.41. The second-order valence-electron chi connectivity index (χ2n) is 8.36. The summed E-state index contributed by atoms with van der Waals surface area (Å²) in [6.45, 7) is 5.18. The van der Waals surface area contributed by atoms with Gasteiger partial charge in [-0.05, 0) is 42.8 Å². The fourth-order valence-corrected chi connectivity index (χ4v) is 3.93. The second kappa shape index (κ2) is 10.5. The van der Waals surface area contributed by atoms with Gasteiger partial charge in [-0.25, -0.2) is 9.97 Å².